The minimum atomic E-state index is -0.525. The Morgan fingerprint density at radius 1 is 1.21 bits per heavy atom. The van der Waals surface area contributed by atoms with Gasteiger partial charge in [0.05, 0.1) is 9.95 Å². The predicted molar refractivity (Wildman–Crippen MR) is 74.7 cm³/mol. The molecule has 2 aromatic rings. The van der Waals surface area contributed by atoms with Crippen molar-refractivity contribution in [2.75, 3.05) is 5.32 Å². The second-order valence-corrected chi connectivity index (χ2v) is 4.63. The normalized spacial score (nSPS) is 10.2. The van der Waals surface area contributed by atoms with Crippen molar-refractivity contribution in [2.45, 2.75) is 6.54 Å². The second kappa shape index (κ2) is 5.86. The molecule has 0 aliphatic rings. The van der Waals surface area contributed by atoms with E-state index in [1.54, 1.807) is 12.1 Å². The van der Waals surface area contributed by atoms with Crippen LogP contribution in [0.4, 0.5) is 11.5 Å². The smallest absolute Gasteiger partial charge is 0.312 e. The van der Waals surface area contributed by atoms with Gasteiger partial charge in [-0.2, -0.15) is 0 Å². The van der Waals surface area contributed by atoms with Gasteiger partial charge in [0.15, 0.2) is 0 Å². The van der Waals surface area contributed by atoms with Gasteiger partial charge in [-0.1, -0.05) is 35.3 Å². The largest absolute Gasteiger partial charge is 0.360 e. The number of halogens is 2. The van der Waals surface area contributed by atoms with Gasteiger partial charge in [-0.3, -0.25) is 10.1 Å². The van der Waals surface area contributed by atoms with Crippen LogP contribution in [0.5, 0.6) is 0 Å². The molecule has 1 heterocycles. The van der Waals surface area contributed by atoms with Gasteiger partial charge in [-0.25, -0.2) is 4.98 Å². The monoisotopic (exact) mass is 297 g/mol. The fourth-order valence-electron chi connectivity index (χ4n) is 1.49. The number of benzene rings is 1. The molecule has 19 heavy (non-hydrogen) atoms. The number of pyridine rings is 1. The van der Waals surface area contributed by atoms with Gasteiger partial charge in [0.1, 0.15) is 0 Å². The maximum atomic E-state index is 10.9. The molecule has 1 N–H and O–H groups in total. The van der Waals surface area contributed by atoms with Crippen LogP contribution in [-0.4, -0.2) is 9.91 Å². The van der Waals surface area contributed by atoms with Gasteiger partial charge < -0.3 is 5.32 Å². The van der Waals surface area contributed by atoms with E-state index in [2.05, 4.69) is 10.3 Å². The second-order valence-electron chi connectivity index (χ2n) is 3.76. The molecule has 0 aliphatic heterocycles. The van der Waals surface area contributed by atoms with Gasteiger partial charge in [-0.15, -0.1) is 0 Å². The molecule has 5 nitrogen and oxygen atoms in total. The summed E-state index contributed by atoms with van der Waals surface area (Å²) in [5.41, 5.74) is 0.789. The Bertz CT molecular complexity index is 602. The molecule has 1 aromatic heterocycles. The van der Waals surface area contributed by atoms with E-state index in [9.17, 15) is 10.1 Å². The Morgan fingerprint density at radius 3 is 2.53 bits per heavy atom. The first-order valence-corrected chi connectivity index (χ1v) is 6.10. The van der Waals surface area contributed by atoms with Crippen molar-refractivity contribution in [2.24, 2.45) is 0 Å². The number of nitrogens with one attached hydrogen (secondary N) is 1. The van der Waals surface area contributed by atoms with Crippen molar-refractivity contribution in [3.05, 3.63) is 62.3 Å². The molecule has 1 aromatic carbocycles. The highest BCUT2D eigenvalue weighted by molar-refractivity contribution is 6.30. The van der Waals surface area contributed by atoms with Crippen LogP contribution in [-0.2, 0) is 6.54 Å². The summed E-state index contributed by atoms with van der Waals surface area (Å²) in [5.74, 6) is 0.185. The van der Waals surface area contributed by atoms with Crippen LogP contribution >= 0.6 is 23.2 Å². The van der Waals surface area contributed by atoms with Crippen molar-refractivity contribution >= 4 is 34.7 Å². The molecule has 0 unspecified atom stereocenters. The molecule has 0 amide bonds. The molecule has 0 radical (unpaired) electrons. The molecule has 7 heteroatoms. The molecular weight excluding hydrogens is 289 g/mol. The van der Waals surface area contributed by atoms with Crippen molar-refractivity contribution < 1.29 is 4.92 Å². The maximum absolute atomic E-state index is 10.9. The van der Waals surface area contributed by atoms with Crippen LogP contribution in [0.1, 0.15) is 5.56 Å². The highest BCUT2D eigenvalue weighted by Crippen LogP contribution is 2.25. The summed E-state index contributed by atoms with van der Waals surface area (Å²) in [6, 6.07) is 8.43. The number of anilines is 1. The van der Waals surface area contributed by atoms with Gasteiger partial charge in [0.2, 0.25) is 5.82 Å². The molecule has 0 aliphatic carbocycles. The Kier molecular flexibility index (Phi) is 4.19. The van der Waals surface area contributed by atoms with E-state index in [0.29, 0.717) is 11.6 Å². The van der Waals surface area contributed by atoms with Gasteiger partial charge in [-0.05, 0) is 17.7 Å². The van der Waals surface area contributed by atoms with Crippen molar-refractivity contribution in [1.29, 1.82) is 0 Å². The molecule has 2 rings (SSSR count). The molecule has 0 saturated heterocycles. The summed E-state index contributed by atoms with van der Waals surface area (Å²) in [6.07, 6.45) is 1.36. The lowest BCUT2D eigenvalue weighted by atomic mass is 10.2. The van der Waals surface area contributed by atoms with Gasteiger partial charge in [0.25, 0.3) is 0 Å². The van der Waals surface area contributed by atoms with E-state index in [4.69, 9.17) is 23.2 Å². The number of rotatable bonds is 4. The lowest BCUT2D eigenvalue weighted by Gasteiger charge is -2.06. The van der Waals surface area contributed by atoms with E-state index in [0.717, 1.165) is 5.56 Å². The highest BCUT2D eigenvalue weighted by atomic mass is 35.5. The zero-order chi connectivity index (χ0) is 13.8. The average molecular weight is 298 g/mol. The predicted octanol–water partition coefficient (Wildman–Crippen LogP) is 3.91. The van der Waals surface area contributed by atoms with E-state index in [1.165, 1.54) is 12.3 Å². The van der Waals surface area contributed by atoms with E-state index in [-0.39, 0.29) is 16.5 Å². The molecule has 0 bridgehead atoms. The topological polar surface area (TPSA) is 68.1 Å². The maximum Gasteiger partial charge on any atom is 0.312 e. The fraction of sp³-hybridized carbons (Fsp3) is 0.0833. The molecule has 0 saturated carbocycles. The third kappa shape index (κ3) is 3.56. The molecule has 0 atom stereocenters. The number of hydrogen-bond acceptors (Lipinski definition) is 4. The number of nitrogens with zero attached hydrogens (tertiary/aromatic N) is 2. The van der Waals surface area contributed by atoms with Crippen molar-refractivity contribution in [3.63, 3.8) is 0 Å². The lowest BCUT2D eigenvalue weighted by Crippen LogP contribution is -2.04. The standard InChI is InChI=1S/C12H9Cl2N3O2/c13-9-3-1-8(2-4-9)6-15-12-11(17(18)19)5-10(14)7-16-12/h1-5,7H,6H2,(H,15,16). The fourth-order valence-corrected chi connectivity index (χ4v) is 1.77. The first-order chi connectivity index (χ1) is 9.06. The third-order valence-corrected chi connectivity index (χ3v) is 2.86. The zero-order valence-corrected chi connectivity index (χ0v) is 11.1. The minimum Gasteiger partial charge on any atom is -0.360 e. The van der Waals surface area contributed by atoms with Crippen molar-refractivity contribution in [1.82, 2.24) is 4.98 Å². The van der Waals surface area contributed by atoms with Gasteiger partial charge >= 0.3 is 5.69 Å². The summed E-state index contributed by atoms with van der Waals surface area (Å²) in [4.78, 5) is 14.3. The minimum absolute atomic E-state index is 0.151. The van der Waals surface area contributed by atoms with Crippen LogP contribution < -0.4 is 5.32 Å². The summed E-state index contributed by atoms with van der Waals surface area (Å²) in [7, 11) is 0. The number of hydrogen-bond donors (Lipinski definition) is 1. The molecular formula is C12H9Cl2N3O2. The van der Waals surface area contributed by atoms with Crippen LogP contribution in [0.3, 0.4) is 0 Å². The van der Waals surface area contributed by atoms with Crippen molar-refractivity contribution in [3.8, 4) is 0 Å². The Hall–Kier alpha value is -1.85. The first-order valence-electron chi connectivity index (χ1n) is 5.34. The summed E-state index contributed by atoms with van der Waals surface area (Å²) >= 11 is 11.5. The number of nitro groups is 1. The van der Waals surface area contributed by atoms with Crippen LogP contribution in [0.25, 0.3) is 0 Å². The molecule has 0 fully saturated rings. The Balaban J connectivity index is 2.15. The average Bonchev–Trinajstić information content (AvgIpc) is 2.39. The lowest BCUT2D eigenvalue weighted by molar-refractivity contribution is -0.384. The van der Waals surface area contributed by atoms with Gasteiger partial charge in [0, 0.05) is 23.8 Å². The number of aromatic nitrogens is 1. The highest BCUT2D eigenvalue weighted by Gasteiger charge is 2.15. The molecule has 0 spiro atoms. The van der Waals surface area contributed by atoms with Crippen LogP contribution in [0.15, 0.2) is 36.5 Å². The van der Waals surface area contributed by atoms with E-state index in [1.807, 2.05) is 12.1 Å². The summed E-state index contributed by atoms with van der Waals surface area (Å²) in [5, 5.41) is 14.6. The third-order valence-electron chi connectivity index (χ3n) is 2.40. The Labute approximate surface area is 119 Å². The van der Waals surface area contributed by atoms with Crippen LogP contribution in [0.2, 0.25) is 10.0 Å². The summed E-state index contributed by atoms with van der Waals surface area (Å²) in [6.45, 7) is 0.409. The van der Waals surface area contributed by atoms with Crippen LogP contribution in [0, 0.1) is 10.1 Å². The first kappa shape index (κ1) is 13.6. The Morgan fingerprint density at radius 2 is 1.89 bits per heavy atom. The summed E-state index contributed by atoms with van der Waals surface area (Å²) < 4.78 is 0. The van der Waals surface area contributed by atoms with E-state index >= 15 is 0 Å². The SMILES string of the molecule is O=[N+]([O-])c1cc(Cl)cnc1NCc1ccc(Cl)cc1. The zero-order valence-electron chi connectivity index (χ0n) is 9.64. The quantitative estimate of drug-likeness (QED) is 0.686. The molecule has 98 valence electrons. The van der Waals surface area contributed by atoms with E-state index < -0.39 is 4.92 Å².